The first kappa shape index (κ1) is 31.6. The Hall–Kier alpha value is -7.76. The Morgan fingerprint density at radius 2 is 0.947 bits per heavy atom. The Bertz CT molecular complexity index is 3480. The molecule has 0 radical (unpaired) electrons. The van der Waals surface area contributed by atoms with Gasteiger partial charge in [-0.1, -0.05) is 121 Å². The van der Waals surface area contributed by atoms with Crippen molar-refractivity contribution in [2.24, 2.45) is 0 Å². The van der Waals surface area contributed by atoms with E-state index in [2.05, 4.69) is 150 Å². The number of fused-ring (bicyclic) bond motifs is 9. The summed E-state index contributed by atoms with van der Waals surface area (Å²) in [6.45, 7) is 0. The Morgan fingerprint density at radius 3 is 1.72 bits per heavy atom. The molecule has 5 nitrogen and oxygen atoms in total. The minimum absolute atomic E-state index is 0.645. The first-order chi connectivity index (χ1) is 28.2. The smallest absolute Gasteiger partial charge is 0.160 e. The summed E-state index contributed by atoms with van der Waals surface area (Å²) >= 11 is 0. The minimum atomic E-state index is 0.645. The van der Waals surface area contributed by atoms with Gasteiger partial charge in [-0.15, -0.1) is 0 Å². The monoisotopic (exact) mass is 729 g/mol. The SMILES string of the molecule is c1ccc(-c2nc(-c3cc(-c4ccc5oc6ccccc6c5c4)cc(-n4c5ccccc5c5ccccc54)c3)cc(-c3cccc4c3oc3ccccc34)n2)cc1. The lowest BCUT2D eigenvalue weighted by atomic mass is 9.97. The van der Waals surface area contributed by atoms with Gasteiger partial charge in [-0.3, -0.25) is 0 Å². The van der Waals surface area contributed by atoms with Gasteiger partial charge in [0.2, 0.25) is 0 Å². The van der Waals surface area contributed by atoms with Crippen molar-refractivity contribution >= 4 is 65.7 Å². The Morgan fingerprint density at radius 1 is 0.351 bits per heavy atom. The quantitative estimate of drug-likeness (QED) is 0.177. The number of rotatable bonds is 5. The molecule has 0 atom stereocenters. The van der Waals surface area contributed by atoms with E-state index in [9.17, 15) is 0 Å². The summed E-state index contributed by atoms with van der Waals surface area (Å²) in [6.07, 6.45) is 0. The summed E-state index contributed by atoms with van der Waals surface area (Å²) in [4.78, 5) is 10.5. The standard InChI is InChI=1S/C52H31N3O2/c1-2-13-32(14-3-1)52-53-44(31-45(54-52)42-20-12-19-41-39-17-6-11-24-49(39)57-51(41)42)35-27-34(33-25-26-50-43(30-33)40-18-7-10-23-48(40)56-50)28-36(29-35)55-46-21-8-4-15-37(46)38-16-5-9-22-47(38)55/h1-31H. The third-order valence-corrected chi connectivity index (χ3v) is 11.2. The average Bonchev–Trinajstić information content (AvgIpc) is 3.96. The van der Waals surface area contributed by atoms with Gasteiger partial charge >= 0.3 is 0 Å². The van der Waals surface area contributed by atoms with Crippen LogP contribution >= 0.6 is 0 Å². The van der Waals surface area contributed by atoms with Crippen LogP contribution < -0.4 is 0 Å². The summed E-state index contributed by atoms with van der Waals surface area (Å²) in [7, 11) is 0. The molecular formula is C52H31N3O2. The van der Waals surface area contributed by atoms with E-state index < -0.39 is 0 Å². The van der Waals surface area contributed by atoms with Gasteiger partial charge in [0, 0.05) is 54.7 Å². The van der Waals surface area contributed by atoms with Crippen LogP contribution in [0.4, 0.5) is 0 Å². The van der Waals surface area contributed by atoms with E-state index in [1.54, 1.807) is 0 Å². The Kier molecular flexibility index (Phi) is 6.86. The van der Waals surface area contributed by atoms with Gasteiger partial charge in [-0.25, -0.2) is 9.97 Å². The van der Waals surface area contributed by atoms with Crippen LogP contribution in [0.15, 0.2) is 197 Å². The van der Waals surface area contributed by atoms with E-state index in [1.165, 1.54) is 10.8 Å². The summed E-state index contributed by atoms with van der Waals surface area (Å²) in [6, 6.07) is 65.6. The molecule has 0 N–H and O–H groups in total. The average molecular weight is 730 g/mol. The fraction of sp³-hybridized carbons (Fsp3) is 0. The highest BCUT2D eigenvalue weighted by Crippen LogP contribution is 2.40. The maximum atomic E-state index is 6.54. The molecule has 0 saturated carbocycles. The number of benzene rings is 8. The van der Waals surface area contributed by atoms with Crippen LogP contribution in [0.5, 0.6) is 0 Å². The maximum absolute atomic E-state index is 6.54. The molecule has 0 amide bonds. The van der Waals surface area contributed by atoms with Gasteiger partial charge in [0.15, 0.2) is 5.82 Å². The second-order valence-corrected chi connectivity index (χ2v) is 14.6. The normalized spacial score (nSPS) is 11.9. The molecule has 5 heteroatoms. The van der Waals surface area contributed by atoms with E-state index in [0.29, 0.717) is 5.82 Å². The van der Waals surface area contributed by atoms with E-state index >= 15 is 0 Å². The van der Waals surface area contributed by atoms with Gasteiger partial charge in [-0.2, -0.15) is 0 Å². The second-order valence-electron chi connectivity index (χ2n) is 14.6. The van der Waals surface area contributed by atoms with Crippen molar-refractivity contribution in [2.45, 2.75) is 0 Å². The van der Waals surface area contributed by atoms with Gasteiger partial charge in [0.25, 0.3) is 0 Å². The van der Waals surface area contributed by atoms with Gasteiger partial charge < -0.3 is 13.4 Å². The highest BCUT2D eigenvalue weighted by atomic mass is 16.3. The highest BCUT2D eigenvalue weighted by Gasteiger charge is 2.19. The van der Waals surface area contributed by atoms with Gasteiger partial charge in [-0.05, 0) is 77.9 Å². The largest absolute Gasteiger partial charge is 0.456 e. The number of hydrogen-bond acceptors (Lipinski definition) is 4. The third-order valence-electron chi connectivity index (χ3n) is 11.2. The Balaban J connectivity index is 1.14. The molecule has 0 fully saturated rings. The van der Waals surface area contributed by atoms with Crippen LogP contribution in [0.1, 0.15) is 0 Å². The van der Waals surface area contributed by atoms with Crippen LogP contribution in [-0.2, 0) is 0 Å². The number of para-hydroxylation sites is 5. The fourth-order valence-electron chi connectivity index (χ4n) is 8.56. The van der Waals surface area contributed by atoms with Crippen LogP contribution in [0.2, 0.25) is 0 Å². The van der Waals surface area contributed by atoms with Crippen LogP contribution in [-0.4, -0.2) is 14.5 Å². The molecule has 0 unspecified atom stereocenters. The molecule has 0 bridgehead atoms. The number of nitrogens with zero attached hydrogens (tertiary/aromatic N) is 3. The predicted molar refractivity (Wildman–Crippen MR) is 233 cm³/mol. The van der Waals surface area contributed by atoms with Crippen molar-refractivity contribution in [1.82, 2.24) is 14.5 Å². The molecule has 12 rings (SSSR count). The number of hydrogen-bond donors (Lipinski definition) is 0. The Labute approximate surface area is 326 Å². The molecule has 8 aromatic carbocycles. The summed E-state index contributed by atoms with van der Waals surface area (Å²) in [5.41, 5.74) is 13.3. The van der Waals surface area contributed by atoms with Crippen LogP contribution in [0, 0.1) is 0 Å². The molecule has 4 aromatic heterocycles. The lowest BCUT2D eigenvalue weighted by molar-refractivity contribution is 0.669. The number of aromatic nitrogens is 3. The number of furan rings is 2. The van der Waals surface area contributed by atoms with Crippen molar-refractivity contribution < 1.29 is 8.83 Å². The summed E-state index contributed by atoms with van der Waals surface area (Å²) in [5.74, 6) is 0.645. The maximum Gasteiger partial charge on any atom is 0.160 e. The first-order valence-electron chi connectivity index (χ1n) is 19.1. The first-order valence-corrected chi connectivity index (χ1v) is 19.1. The minimum Gasteiger partial charge on any atom is -0.456 e. The van der Waals surface area contributed by atoms with Crippen LogP contribution in [0.25, 0.3) is 116 Å². The van der Waals surface area contributed by atoms with Crippen molar-refractivity contribution in [2.75, 3.05) is 0 Å². The van der Waals surface area contributed by atoms with Gasteiger partial charge in [0.1, 0.15) is 22.3 Å². The zero-order chi connectivity index (χ0) is 37.5. The predicted octanol–water partition coefficient (Wildman–Crippen LogP) is 14.0. The molecular weight excluding hydrogens is 699 g/mol. The molecule has 0 spiro atoms. The van der Waals surface area contributed by atoms with E-state index in [-0.39, 0.29) is 0 Å². The molecule has 266 valence electrons. The highest BCUT2D eigenvalue weighted by molar-refractivity contribution is 6.11. The van der Waals surface area contributed by atoms with Crippen molar-refractivity contribution in [3.63, 3.8) is 0 Å². The third kappa shape index (κ3) is 5.03. The topological polar surface area (TPSA) is 57.0 Å². The van der Waals surface area contributed by atoms with Crippen LogP contribution in [0.3, 0.4) is 0 Å². The van der Waals surface area contributed by atoms with E-state index in [4.69, 9.17) is 18.8 Å². The van der Waals surface area contributed by atoms with Crippen molar-refractivity contribution in [3.8, 4) is 50.7 Å². The molecule has 0 aliphatic rings. The zero-order valence-corrected chi connectivity index (χ0v) is 30.6. The lowest BCUT2D eigenvalue weighted by Crippen LogP contribution is -1.99. The molecule has 0 aliphatic heterocycles. The molecule has 0 saturated heterocycles. The van der Waals surface area contributed by atoms with Crippen molar-refractivity contribution in [3.05, 3.63) is 188 Å². The molecule has 57 heavy (non-hydrogen) atoms. The second kappa shape index (κ2) is 12.4. The lowest BCUT2D eigenvalue weighted by Gasteiger charge is -2.15. The molecule has 4 heterocycles. The molecule has 0 aliphatic carbocycles. The van der Waals surface area contributed by atoms with Crippen molar-refractivity contribution in [1.29, 1.82) is 0 Å². The molecule has 12 aromatic rings. The zero-order valence-electron chi connectivity index (χ0n) is 30.6. The van der Waals surface area contributed by atoms with E-state index in [1.807, 2.05) is 42.5 Å². The van der Waals surface area contributed by atoms with E-state index in [0.717, 1.165) is 99.8 Å². The summed E-state index contributed by atoms with van der Waals surface area (Å²) in [5, 5.41) is 6.74. The fourth-order valence-corrected chi connectivity index (χ4v) is 8.56. The van der Waals surface area contributed by atoms with Gasteiger partial charge in [0.05, 0.1) is 22.4 Å². The summed E-state index contributed by atoms with van der Waals surface area (Å²) < 4.78 is 15.2.